The van der Waals surface area contributed by atoms with Crippen LogP contribution >= 0.6 is 0 Å². The van der Waals surface area contributed by atoms with Crippen LogP contribution in [0.25, 0.3) is 0 Å². The summed E-state index contributed by atoms with van der Waals surface area (Å²) in [5.41, 5.74) is 0. The third-order valence-electron chi connectivity index (χ3n) is 3.51. The molecule has 0 aromatic rings. The van der Waals surface area contributed by atoms with E-state index in [0.29, 0.717) is 0 Å². The molecule has 2 rings (SSSR count). The zero-order valence-electron chi connectivity index (χ0n) is 9.21. The molecule has 0 saturated carbocycles. The summed E-state index contributed by atoms with van der Waals surface area (Å²) in [6.07, 6.45) is 10.2. The molecule has 2 atom stereocenters. The largest absolute Gasteiger partial charge is 0.319 e. The summed E-state index contributed by atoms with van der Waals surface area (Å²) in [6, 6.07) is 0.755. The van der Waals surface area contributed by atoms with Crippen molar-refractivity contribution in [1.82, 2.24) is 10.2 Å². The third-order valence-corrected chi connectivity index (χ3v) is 3.51. The highest BCUT2D eigenvalue weighted by atomic mass is 15.2. The maximum absolute atomic E-state index is 3.29. The number of allylic oxidation sites excluding steroid dienone is 1. The summed E-state index contributed by atoms with van der Waals surface area (Å²) >= 11 is 0. The zero-order valence-corrected chi connectivity index (χ0v) is 9.21. The predicted molar refractivity (Wildman–Crippen MR) is 60.4 cm³/mol. The molecule has 1 saturated heterocycles. The average Bonchev–Trinajstić information content (AvgIpc) is 2.68. The SMILES string of the molecule is CNCC1CCN(C2C=CCCC2)C1. The number of hydrogen-bond donors (Lipinski definition) is 1. The summed E-state index contributed by atoms with van der Waals surface area (Å²) in [7, 11) is 2.06. The van der Waals surface area contributed by atoms with Crippen LogP contribution < -0.4 is 5.32 Å². The van der Waals surface area contributed by atoms with Gasteiger partial charge in [0.1, 0.15) is 0 Å². The van der Waals surface area contributed by atoms with E-state index in [1.165, 1.54) is 45.3 Å². The van der Waals surface area contributed by atoms with Crippen molar-refractivity contribution in [2.75, 3.05) is 26.7 Å². The second-order valence-corrected chi connectivity index (χ2v) is 4.63. The summed E-state index contributed by atoms with van der Waals surface area (Å²) < 4.78 is 0. The molecule has 1 N–H and O–H groups in total. The molecule has 80 valence electrons. The Hall–Kier alpha value is -0.340. The van der Waals surface area contributed by atoms with E-state index >= 15 is 0 Å². The molecule has 2 nitrogen and oxygen atoms in total. The summed E-state index contributed by atoms with van der Waals surface area (Å²) in [6.45, 7) is 3.80. The molecular weight excluding hydrogens is 172 g/mol. The van der Waals surface area contributed by atoms with Gasteiger partial charge in [-0.1, -0.05) is 12.2 Å². The average molecular weight is 194 g/mol. The normalized spacial score (nSPS) is 33.8. The molecule has 0 amide bonds. The van der Waals surface area contributed by atoms with E-state index in [0.717, 1.165) is 12.0 Å². The van der Waals surface area contributed by atoms with E-state index in [2.05, 4.69) is 29.4 Å². The minimum absolute atomic E-state index is 0.755. The van der Waals surface area contributed by atoms with Crippen LogP contribution in [-0.4, -0.2) is 37.6 Å². The van der Waals surface area contributed by atoms with Gasteiger partial charge in [-0.15, -0.1) is 0 Å². The van der Waals surface area contributed by atoms with E-state index in [1.54, 1.807) is 0 Å². The fraction of sp³-hybridized carbons (Fsp3) is 0.833. The first kappa shape index (κ1) is 10.2. The summed E-state index contributed by atoms with van der Waals surface area (Å²) in [4.78, 5) is 2.66. The van der Waals surface area contributed by atoms with Crippen LogP contribution in [0.5, 0.6) is 0 Å². The molecule has 1 fully saturated rings. The smallest absolute Gasteiger partial charge is 0.0278 e. The van der Waals surface area contributed by atoms with Gasteiger partial charge in [-0.2, -0.15) is 0 Å². The summed E-state index contributed by atoms with van der Waals surface area (Å²) in [5, 5.41) is 3.29. The minimum atomic E-state index is 0.755. The van der Waals surface area contributed by atoms with Gasteiger partial charge in [0.15, 0.2) is 0 Å². The quantitative estimate of drug-likeness (QED) is 0.687. The lowest BCUT2D eigenvalue weighted by atomic mass is 10.0. The van der Waals surface area contributed by atoms with Gasteiger partial charge in [0.25, 0.3) is 0 Å². The Kier molecular flexibility index (Phi) is 3.60. The molecule has 2 aliphatic rings. The van der Waals surface area contributed by atoms with Crippen molar-refractivity contribution < 1.29 is 0 Å². The van der Waals surface area contributed by atoms with Crippen molar-refractivity contribution in [2.45, 2.75) is 31.7 Å². The van der Waals surface area contributed by atoms with Crippen LogP contribution in [0.3, 0.4) is 0 Å². The van der Waals surface area contributed by atoms with Crippen molar-refractivity contribution in [1.29, 1.82) is 0 Å². The standard InChI is InChI=1S/C12H22N2/c1-13-9-11-7-8-14(10-11)12-5-3-2-4-6-12/h3,5,11-13H,2,4,6-10H2,1H3. The van der Waals surface area contributed by atoms with Crippen molar-refractivity contribution >= 4 is 0 Å². The van der Waals surface area contributed by atoms with Crippen molar-refractivity contribution in [2.24, 2.45) is 5.92 Å². The third kappa shape index (κ3) is 2.37. The number of nitrogens with zero attached hydrogens (tertiary/aromatic N) is 1. The maximum Gasteiger partial charge on any atom is 0.0278 e. The Labute approximate surface area is 87.4 Å². The first-order valence-corrected chi connectivity index (χ1v) is 5.95. The Morgan fingerprint density at radius 1 is 1.43 bits per heavy atom. The van der Waals surface area contributed by atoms with Gasteiger partial charge in [-0.05, 0) is 51.7 Å². The van der Waals surface area contributed by atoms with Gasteiger partial charge >= 0.3 is 0 Å². The number of rotatable bonds is 3. The fourth-order valence-corrected chi connectivity index (χ4v) is 2.72. The van der Waals surface area contributed by atoms with Gasteiger partial charge in [0.2, 0.25) is 0 Å². The molecule has 0 aromatic carbocycles. The van der Waals surface area contributed by atoms with Crippen LogP contribution in [0, 0.1) is 5.92 Å². The van der Waals surface area contributed by atoms with Gasteiger partial charge < -0.3 is 5.32 Å². The van der Waals surface area contributed by atoms with Crippen LogP contribution in [0.15, 0.2) is 12.2 Å². The lowest BCUT2D eigenvalue weighted by Crippen LogP contribution is -2.33. The summed E-state index contributed by atoms with van der Waals surface area (Å²) in [5.74, 6) is 0.885. The molecular formula is C12H22N2. The van der Waals surface area contributed by atoms with Crippen LogP contribution in [-0.2, 0) is 0 Å². The highest BCUT2D eigenvalue weighted by molar-refractivity contribution is 5.00. The fourth-order valence-electron chi connectivity index (χ4n) is 2.72. The van der Waals surface area contributed by atoms with Gasteiger partial charge in [-0.25, -0.2) is 0 Å². The molecule has 0 radical (unpaired) electrons. The Balaban J connectivity index is 1.82. The van der Waals surface area contributed by atoms with Crippen LogP contribution in [0.4, 0.5) is 0 Å². The van der Waals surface area contributed by atoms with E-state index in [4.69, 9.17) is 0 Å². The van der Waals surface area contributed by atoms with E-state index < -0.39 is 0 Å². The molecule has 0 bridgehead atoms. The monoisotopic (exact) mass is 194 g/mol. The molecule has 1 heterocycles. The first-order chi connectivity index (χ1) is 6.90. The van der Waals surface area contributed by atoms with Crippen molar-refractivity contribution in [3.8, 4) is 0 Å². The molecule has 0 spiro atoms. The minimum Gasteiger partial charge on any atom is -0.319 e. The highest BCUT2D eigenvalue weighted by Crippen LogP contribution is 2.23. The molecule has 2 heteroatoms. The maximum atomic E-state index is 3.29. The highest BCUT2D eigenvalue weighted by Gasteiger charge is 2.26. The van der Waals surface area contributed by atoms with Crippen molar-refractivity contribution in [3.05, 3.63) is 12.2 Å². The molecule has 1 aliphatic carbocycles. The Bertz CT molecular complexity index is 200. The molecule has 1 aliphatic heterocycles. The van der Waals surface area contributed by atoms with Crippen LogP contribution in [0.1, 0.15) is 25.7 Å². The molecule has 14 heavy (non-hydrogen) atoms. The Morgan fingerprint density at radius 3 is 3.07 bits per heavy atom. The van der Waals surface area contributed by atoms with Gasteiger partial charge in [0.05, 0.1) is 0 Å². The second-order valence-electron chi connectivity index (χ2n) is 4.63. The second kappa shape index (κ2) is 4.94. The zero-order chi connectivity index (χ0) is 9.80. The van der Waals surface area contributed by atoms with E-state index in [1.807, 2.05) is 0 Å². The number of likely N-dealkylation sites (tertiary alicyclic amines) is 1. The number of hydrogen-bond acceptors (Lipinski definition) is 2. The molecule has 2 unspecified atom stereocenters. The van der Waals surface area contributed by atoms with E-state index in [-0.39, 0.29) is 0 Å². The molecule has 0 aromatic heterocycles. The Morgan fingerprint density at radius 2 is 2.36 bits per heavy atom. The van der Waals surface area contributed by atoms with E-state index in [9.17, 15) is 0 Å². The van der Waals surface area contributed by atoms with Gasteiger partial charge in [-0.3, -0.25) is 4.90 Å². The van der Waals surface area contributed by atoms with Crippen LogP contribution in [0.2, 0.25) is 0 Å². The number of nitrogens with one attached hydrogen (secondary N) is 1. The lowest BCUT2D eigenvalue weighted by Gasteiger charge is -2.27. The van der Waals surface area contributed by atoms with Gasteiger partial charge in [0, 0.05) is 12.6 Å². The van der Waals surface area contributed by atoms with Crippen molar-refractivity contribution in [3.63, 3.8) is 0 Å². The predicted octanol–water partition coefficient (Wildman–Crippen LogP) is 1.64. The topological polar surface area (TPSA) is 15.3 Å². The first-order valence-electron chi connectivity index (χ1n) is 5.95. The lowest BCUT2D eigenvalue weighted by molar-refractivity contribution is 0.253.